The fourth-order valence-corrected chi connectivity index (χ4v) is 5.82. The molecule has 0 spiro atoms. The van der Waals surface area contributed by atoms with Crippen LogP contribution in [0.3, 0.4) is 0 Å². The molecule has 7 nitrogen and oxygen atoms in total. The molecular formula is C30H27IN2O5S. The number of furan rings is 1. The smallest absolute Gasteiger partial charge is 0.338 e. The zero-order chi connectivity index (χ0) is 27.7. The minimum atomic E-state index is -0.686. The molecule has 0 N–H and O–H groups in total. The Hall–Kier alpha value is -3.44. The van der Waals surface area contributed by atoms with E-state index in [0.29, 0.717) is 37.9 Å². The maximum atomic E-state index is 13.8. The van der Waals surface area contributed by atoms with Gasteiger partial charge in [-0.25, -0.2) is 9.79 Å². The number of ether oxygens (including phenoxy) is 2. The van der Waals surface area contributed by atoms with E-state index < -0.39 is 12.0 Å². The number of allylic oxidation sites excluding steroid dienone is 1. The third kappa shape index (κ3) is 5.65. The van der Waals surface area contributed by atoms with Crippen LogP contribution in [0.1, 0.15) is 45.1 Å². The van der Waals surface area contributed by atoms with Crippen molar-refractivity contribution < 1.29 is 18.7 Å². The van der Waals surface area contributed by atoms with Gasteiger partial charge in [-0.2, -0.15) is 0 Å². The summed E-state index contributed by atoms with van der Waals surface area (Å²) >= 11 is 3.52. The lowest BCUT2D eigenvalue weighted by molar-refractivity contribution is -0.139. The van der Waals surface area contributed by atoms with E-state index in [1.54, 1.807) is 24.5 Å². The topological polar surface area (TPSA) is 83.0 Å². The Kier molecular flexibility index (Phi) is 7.90. The lowest BCUT2D eigenvalue weighted by Gasteiger charge is -2.25. The summed E-state index contributed by atoms with van der Waals surface area (Å²) in [5.74, 6) is 1.49. The maximum Gasteiger partial charge on any atom is 0.338 e. The molecule has 39 heavy (non-hydrogen) atoms. The maximum absolute atomic E-state index is 13.8. The Bertz CT molecular complexity index is 1730. The third-order valence-corrected chi connectivity index (χ3v) is 7.82. The highest BCUT2D eigenvalue weighted by molar-refractivity contribution is 14.1. The van der Waals surface area contributed by atoms with Crippen LogP contribution in [0.4, 0.5) is 0 Å². The van der Waals surface area contributed by atoms with Crippen molar-refractivity contribution in [2.24, 2.45) is 4.99 Å². The Morgan fingerprint density at radius 1 is 1.13 bits per heavy atom. The van der Waals surface area contributed by atoms with Crippen molar-refractivity contribution in [1.82, 2.24) is 4.57 Å². The zero-order valence-electron chi connectivity index (χ0n) is 21.9. The van der Waals surface area contributed by atoms with Crippen molar-refractivity contribution in [2.75, 3.05) is 6.61 Å². The standard InChI is InChI=1S/C30H27IN2O5S/c1-5-36-29(35)26-18(4)32-30-33(27(26)20-8-12-22(13-9-20)37-17(2)3)28(34)25(39-30)16-23-14-15-24(38-23)19-6-10-21(31)11-7-19/h6-17,27H,5H2,1-4H3/b25-16-/t27-/m1/s1. The summed E-state index contributed by atoms with van der Waals surface area (Å²) in [5.41, 5.74) is 2.32. The van der Waals surface area contributed by atoms with Crippen LogP contribution < -0.4 is 19.6 Å². The lowest BCUT2D eigenvalue weighted by atomic mass is 9.96. The number of aromatic nitrogens is 1. The minimum absolute atomic E-state index is 0.0264. The highest BCUT2D eigenvalue weighted by atomic mass is 127. The van der Waals surface area contributed by atoms with Crippen molar-refractivity contribution in [3.8, 4) is 17.1 Å². The molecule has 2 aromatic heterocycles. The van der Waals surface area contributed by atoms with E-state index in [4.69, 9.17) is 13.9 Å². The largest absolute Gasteiger partial charge is 0.491 e. The number of rotatable bonds is 7. The van der Waals surface area contributed by atoms with E-state index in [1.165, 1.54) is 11.3 Å². The summed E-state index contributed by atoms with van der Waals surface area (Å²) in [6.07, 6.45) is 1.75. The van der Waals surface area contributed by atoms with Crippen molar-refractivity contribution in [3.63, 3.8) is 0 Å². The van der Waals surface area contributed by atoms with Gasteiger partial charge in [0.15, 0.2) is 4.80 Å². The molecule has 0 unspecified atom stereocenters. The lowest BCUT2D eigenvalue weighted by Crippen LogP contribution is -2.39. The van der Waals surface area contributed by atoms with Crippen LogP contribution in [0.5, 0.6) is 5.75 Å². The van der Waals surface area contributed by atoms with Gasteiger partial charge in [0.25, 0.3) is 5.56 Å². The molecular weight excluding hydrogens is 627 g/mol. The van der Waals surface area contributed by atoms with Gasteiger partial charge in [-0.1, -0.05) is 35.6 Å². The van der Waals surface area contributed by atoms with Gasteiger partial charge in [0, 0.05) is 15.2 Å². The van der Waals surface area contributed by atoms with E-state index in [-0.39, 0.29) is 18.3 Å². The number of nitrogens with zero attached hydrogens (tertiary/aromatic N) is 2. The van der Waals surface area contributed by atoms with Gasteiger partial charge in [-0.05, 0) is 92.2 Å². The second-order valence-corrected chi connectivity index (χ2v) is 11.5. The summed E-state index contributed by atoms with van der Waals surface area (Å²) < 4.78 is 20.4. The second-order valence-electron chi connectivity index (χ2n) is 9.25. The quantitative estimate of drug-likeness (QED) is 0.196. The summed E-state index contributed by atoms with van der Waals surface area (Å²) in [7, 11) is 0. The second kappa shape index (κ2) is 11.4. The van der Waals surface area contributed by atoms with Crippen LogP contribution in [0, 0.1) is 3.57 Å². The van der Waals surface area contributed by atoms with Gasteiger partial charge in [-0.3, -0.25) is 9.36 Å². The molecule has 200 valence electrons. The predicted octanol–water partition coefficient (Wildman–Crippen LogP) is 5.45. The molecule has 0 fully saturated rings. The summed E-state index contributed by atoms with van der Waals surface area (Å²) in [4.78, 5) is 32.0. The normalized spacial score (nSPS) is 15.3. The molecule has 1 aliphatic rings. The van der Waals surface area contributed by atoms with Gasteiger partial charge in [-0.15, -0.1) is 0 Å². The Balaban J connectivity index is 1.60. The number of hydrogen-bond acceptors (Lipinski definition) is 7. The Labute approximate surface area is 243 Å². The Morgan fingerprint density at radius 2 is 1.85 bits per heavy atom. The van der Waals surface area contributed by atoms with Crippen LogP contribution in [-0.4, -0.2) is 23.2 Å². The zero-order valence-corrected chi connectivity index (χ0v) is 24.9. The van der Waals surface area contributed by atoms with Crippen LogP contribution in [0.2, 0.25) is 0 Å². The van der Waals surface area contributed by atoms with Crippen molar-refractivity contribution in [2.45, 2.75) is 39.8 Å². The molecule has 0 amide bonds. The number of hydrogen-bond donors (Lipinski definition) is 0. The van der Waals surface area contributed by atoms with E-state index in [0.717, 1.165) is 14.7 Å². The summed E-state index contributed by atoms with van der Waals surface area (Å²) in [6, 6.07) is 18.5. The van der Waals surface area contributed by atoms with Crippen molar-refractivity contribution in [1.29, 1.82) is 0 Å². The van der Waals surface area contributed by atoms with E-state index in [9.17, 15) is 9.59 Å². The predicted molar refractivity (Wildman–Crippen MR) is 159 cm³/mol. The van der Waals surface area contributed by atoms with Gasteiger partial charge >= 0.3 is 5.97 Å². The SMILES string of the molecule is CCOC(=O)C1=C(C)N=c2s/c(=C\c3ccc(-c4ccc(I)cc4)o3)c(=O)n2[C@@H]1c1ccc(OC(C)C)cc1. The number of halogens is 1. The first-order valence-corrected chi connectivity index (χ1v) is 14.5. The average molecular weight is 655 g/mol. The fraction of sp³-hybridized carbons (Fsp3) is 0.233. The molecule has 0 aliphatic carbocycles. The fourth-order valence-electron chi connectivity index (χ4n) is 4.44. The van der Waals surface area contributed by atoms with Crippen LogP contribution in [-0.2, 0) is 9.53 Å². The monoisotopic (exact) mass is 654 g/mol. The number of carbonyl (C=O) groups is 1. The Morgan fingerprint density at radius 3 is 2.51 bits per heavy atom. The molecule has 1 atom stereocenters. The average Bonchev–Trinajstić information content (AvgIpc) is 3.48. The molecule has 0 radical (unpaired) electrons. The van der Waals surface area contributed by atoms with Crippen molar-refractivity contribution >= 4 is 46.0 Å². The van der Waals surface area contributed by atoms with E-state index >= 15 is 0 Å². The van der Waals surface area contributed by atoms with Crippen molar-refractivity contribution in [3.05, 3.63) is 107 Å². The van der Waals surface area contributed by atoms with E-state index in [2.05, 4.69) is 27.6 Å². The number of fused-ring (bicyclic) bond motifs is 1. The number of carbonyl (C=O) groups excluding carboxylic acids is 1. The van der Waals surface area contributed by atoms with Gasteiger partial charge in [0.05, 0.1) is 34.6 Å². The van der Waals surface area contributed by atoms with E-state index in [1.807, 2.05) is 74.5 Å². The highest BCUT2D eigenvalue weighted by Gasteiger charge is 2.33. The molecule has 3 heterocycles. The van der Waals surface area contributed by atoms with Crippen LogP contribution in [0.25, 0.3) is 17.4 Å². The first kappa shape index (κ1) is 27.1. The highest BCUT2D eigenvalue weighted by Crippen LogP contribution is 2.32. The third-order valence-electron chi connectivity index (χ3n) is 6.11. The number of thiazole rings is 1. The molecule has 1 aliphatic heterocycles. The molecule has 0 saturated carbocycles. The van der Waals surface area contributed by atoms with Gasteiger partial charge in [0.2, 0.25) is 0 Å². The molecule has 0 bridgehead atoms. The van der Waals surface area contributed by atoms with Crippen LogP contribution in [0.15, 0.2) is 86.1 Å². The molecule has 0 saturated heterocycles. The summed E-state index contributed by atoms with van der Waals surface area (Å²) in [6.45, 7) is 7.66. The van der Waals surface area contributed by atoms with Crippen LogP contribution >= 0.6 is 33.9 Å². The number of benzene rings is 2. The van der Waals surface area contributed by atoms with Gasteiger partial charge in [0.1, 0.15) is 17.3 Å². The molecule has 9 heteroatoms. The molecule has 4 aromatic rings. The molecule has 5 rings (SSSR count). The summed E-state index contributed by atoms with van der Waals surface area (Å²) in [5, 5.41) is 0. The molecule has 2 aromatic carbocycles. The first-order valence-electron chi connectivity index (χ1n) is 12.6. The minimum Gasteiger partial charge on any atom is -0.491 e. The van der Waals surface area contributed by atoms with Gasteiger partial charge < -0.3 is 13.9 Å². The first-order chi connectivity index (χ1) is 18.7. The number of esters is 1.